The highest BCUT2D eigenvalue weighted by Crippen LogP contribution is 2.40. The van der Waals surface area contributed by atoms with Crippen molar-refractivity contribution in [2.75, 3.05) is 24.0 Å². The number of hydrogen-bond donors (Lipinski definition) is 0. The molecule has 0 saturated heterocycles. The van der Waals surface area contributed by atoms with Crippen molar-refractivity contribution < 1.29 is 38.2 Å². The molecule has 0 atom stereocenters. The van der Waals surface area contributed by atoms with Crippen LogP contribution in [0.4, 0.5) is 11.4 Å². The monoisotopic (exact) mass is 624 g/mol. The molecule has 0 aliphatic carbocycles. The number of esters is 2. The van der Waals surface area contributed by atoms with Gasteiger partial charge in [0.25, 0.3) is 23.6 Å². The van der Waals surface area contributed by atoms with Gasteiger partial charge in [0.15, 0.2) is 0 Å². The lowest BCUT2D eigenvalue weighted by atomic mass is 10.1. The molecule has 4 aromatic rings. The van der Waals surface area contributed by atoms with Crippen LogP contribution < -0.4 is 9.80 Å². The van der Waals surface area contributed by atoms with Crippen LogP contribution in [0.15, 0.2) is 94.7 Å². The number of hydrogen-bond acceptors (Lipinski definition) is 10. The van der Waals surface area contributed by atoms with Crippen LogP contribution in [0.2, 0.25) is 0 Å². The summed E-state index contributed by atoms with van der Waals surface area (Å²) in [6, 6.07) is 22.3. The van der Waals surface area contributed by atoms with Gasteiger partial charge in [-0.15, -0.1) is 0 Å². The molecule has 4 aromatic carbocycles. The molecule has 2 aliphatic rings. The molecule has 0 spiro atoms. The Morgan fingerprint density at radius 3 is 1.18 bits per heavy atom. The first-order chi connectivity index (χ1) is 21.2. The summed E-state index contributed by atoms with van der Waals surface area (Å²) in [6.45, 7) is 0. The van der Waals surface area contributed by atoms with E-state index in [0.29, 0.717) is 11.4 Å². The van der Waals surface area contributed by atoms with Crippen molar-refractivity contribution in [1.82, 2.24) is 0 Å². The van der Waals surface area contributed by atoms with Crippen LogP contribution in [0, 0.1) is 0 Å². The molecule has 6 rings (SSSR count). The van der Waals surface area contributed by atoms with Crippen molar-refractivity contribution in [3.8, 4) is 0 Å². The Labute approximate surface area is 258 Å². The molecular weight excluding hydrogens is 604 g/mol. The second-order valence-corrected chi connectivity index (χ2v) is 11.8. The summed E-state index contributed by atoms with van der Waals surface area (Å²) in [5.41, 5.74) is 1.88. The number of amides is 4. The predicted molar refractivity (Wildman–Crippen MR) is 162 cm³/mol. The zero-order valence-corrected chi connectivity index (χ0v) is 24.7. The van der Waals surface area contributed by atoms with Gasteiger partial charge >= 0.3 is 11.9 Å². The SMILES string of the molecule is COC(=O)c1ccc2c(c1)C(=O)N(c1ccc(SSc3ccc(N4C(=O)c5ccc(C(=O)OC)cc5C4=O)cc3)cc1)C2=O. The summed E-state index contributed by atoms with van der Waals surface area (Å²) in [5, 5.41) is 0. The summed E-state index contributed by atoms with van der Waals surface area (Å²) in [7, 11) is 5.37. The first kappa shape index (κ1) is 28.9. The van der Waals surface area contributed by atoms with E-state index in [4.69, 9.17) is 9.47 Å². The number of anilines is 2. The molecule has 0 bridgehead atoms. The number of nitrogens with zero attached hydrogens (tertiary/aromatic N) is 2. The lowest BCUT2D eigenvalue weighted by Crippen LogP contribution is -2.29. The van der Waals surface area contributed by atoms with Gasteiger partial charge in [-0.2, -0.15) is 0 Å². The van der Waals surface area contributed by atoms with Gasteiger partial charge in [0.1, 0.15) is 0 Å². The van der Waals surface area contributed by atoms with Crippen molar-refractivity contribution in [3.05, 3.63) is 118 Å². The maximum atomic E-state index is 13.0. The standard InChI is InChI=1S/C32H20N2O8S2/c1-41-31(39)17-3-13-23-25(15-17)29(37)33(27(23)35)19-5-9-21(10-6-19)43-44-22-11-7-20(8-12-22)34-28(36)24-14-4-18(32(40)42-2)16-26(24)30(34)38/h3-16H,1-2H3. The average molecular weight is 625 g/mol. The number of fused-ring (bicyclic) bond motifs is 2. The van der Waals surface area contributed by atoms with Gasteiger partial charge in [0, 0.05) is 9.79 Å². The smallest absolute Gasteiger partial charge is 0.337 e. The molecule has 218 valence electrons. The average Bonchev–Trinajstić information content (AvgIpc) is 3.46. The summed E-state index contributed by atoms with van der Waals surface area (Å²) < 4.78 is 9.41. The van der Waals surface area contributed by atoms with Crippen LogP contribution in [0.1, 0.15) is 62.1 Å². The lowest BCUT2D eigenvalue weighted by molar-refractivity contribution is 0.0591. The second-order valence-electron chi connectivity index (χ2n) is 9.55. The van der Waals surface area contributed by atoms with Crippen LogP contribution in [-0.4, -0.2) is 49.8 Å². The molecule has 2 heterocycles. The quantitative estimate of drug-likeness (QED) is 0.144. The Morgan fingerprint density at radius 1 is 0.500 bits per heavy atom. The van der Waals surface area contributed by atoms with Gasteiger partial charge in [-0.1, -0.05) is 21.6 Å². The zero-order chi connectivity index (χ0) is 31.1. The Morgan fingerprint density at radius 2 is 0.841 bits per heavy atom. The molecule has 0 N–H and O–H groups in total. The minimum atomic E-state index is -0.598. The Balaban J connectivity index is 1.11. The fourth-order valence-electron chi connectivity index (χ4n) is 4.84. The van der Waals surface area contributed by atoms with E-state index < -0.39 is 35.6 Å². The molecule has 4 amide bonds. The van der Waals surface area contributed by atoms with Crippen LogP contribution >= 0.6 is 21.6 Å². The molecule has 0 aromatic heterocycles. The van der Waals surface area contributed by atoms with Crippen LogP contribution in [0.3, 0.4) is 0 Å². The lowest BCUT2D eigenvalue weighted by Gasteiger charge is -2.15. The van der Waals surface area contributed by atoms with E-state index in [1.807, 2.05) is 0 Å². The third-order valence-electron chi connectivity index (χ3n) is 7.04. The van der Waals surface area contributed by atoms with Gasteiger partial charge in [-0.05, 0) is 84.9 Å². The molecule has 0 radical (unpaired) electrons. The third-order valence-corrected chi connectivity index (χ3v) is 9.46. The van der Waals surface area contributed by atoms with E-state index >= 15 is 0 Å². The van der Waals surface area contributed by atoms with Crippen molar-refractivity contribution in [2.24, 2.45) is 0 Å². The molecule has 0 saturated carbocycles. The van der Waals surface area contributed by atoms with Gasteiger partial charge < -0.3 is 9.47 Å². The predicted octanol–water partition coefficient (Wildman–Crippen LogP) is 5.66. The van der Waals surface area contributed by atoms with E-state index in [1.165, 1.54) is 72.2 Å². The summed E-state index contributed by atoms with van der Waals surface area (Å²) in [5.74, 6) is -3.19. The van der Waals surface area contributed by atoms with E-state index in [1.54, 1.807) is 48.5 Å². The first-order valence-electron chi connectivity index (χ1n) is 13.0. The topological polar surface area (TPSA) is 127 Å². The fourth-order valence-corrected chi connectivity index (χ4v) is 6.77. The maximum absolute atomic E-state index is 13.0. The highest BCUT2D eigenvalue weighted by Gasteiger charge is 2.38. The van der Waals surface area contributed by atoms with Crippen LogP contribution in [0.25, 0.3) is 0 Å². The number of ether oxygens (including phenoxy) is 2. The van der Waals surface area contributed by atoms with E-state index in [2.05, 4.69) is 0 Å². The number of benzene rings is 4. The molecule has 0 fully saturated rings. The van der Waals surface area contributed by atoms with Crippen molar-refractivity contribution >= 4 is 68.5 Å². The Kier molecular flexibility index (Phi) is 7.53. The van der Waals surface area contributed by atoms with Crippen molar-refractivity contribution in [3.63, 3.8) is 0 Å². The summed E-state index contributed by atoms with van der Waals surface area (Å²) >= 11 is 0. The van der Waals surface area contributed by atoms with Crippen molar-refractivity contribution in [2.45, 2.75) is 9.79 Å². The van der Waals surface area contributed by atoms with E-state index in [0.717, 1.165) is 19.6 Å². The molecule has 2 aliphatic heterocycles. The summed E-state index contributed by atoms with van der Waals surface area (Å²) in [4.78, 5) is 79.5. The number of methoxy groups -OCH3 is 2. The van der Waals surface area contributed by atoms with Gasteiger partial charge in [0.2, 0.25) is 0 Å². The zero-order valence-electron chi connectivity index (χ0n) is 23.1. The third kappa shape index (κ3) is 4.93. The number of carbonyl (C=O) groups excluding carboxylic acids is 6. The van der Waals surface area contributed by atoms with E-state index in [9.17, 15) is 28.8 Å². The minimum absolute atomic E-state index is 0.141. The Hall–Kier alpha value is -5.20. The van der Waals surface area contributed by atoms with Crippen LogP contribution in [0.5, 0.6) is 0 Å². The largest absolute Gasteiger partial charge is 0.465 e. The van der Waals surface area contributed by atoms with Crippen molar-refractivity contribution in [1.29, 1.82) is 0 Å². The van der Waals surface area contributed by atoms with Gasteiger partial charge in [0.05, 0.1) is 59.0 Å². The van der Waals surface area contributed by atoms with E-state index in [-0.39, 0.29) is 33.4 Å². The Bertz CT molecular complexity index is 1770. The first-order valence-corrected chi connectivity index (χ1v) is 15.1. The van der Waals surface area contributed by atoms with Gasteiger partial charge in [-0.25, -0.2) is 19.4 Å². The number of imide groups is 2. The summed E-state index contributed by atoms with van der Waals surface area (Å²) in [6.07, 6.45) is 0. The maximum Gasteiger partial charge on any atom is 0.337 e. The molecule has 0 unspecified atom stereocenters. The van der Waals surface area contributed by atoms with Crippen LogP contribution in [-0.2, 0) is 9.47 Å². The highest BCUT2D eigenvalue weighted by molar-refractivity contribution is 8.76. The fraction of sp³-hybridized carbons (Fsp3) is 0.0625. The normalized spacial score (nSPS) is 13.7. The molecule has 44 heavy (non-hydrogen) atoms. The number of rotatable bonds is 7. The minimum Gasteiger partial charge on any atom is -0.465 e. The second kappa shape index (κ2) is 11.5. The van der Waals surface area contributed by atoms with Gasteiger partial charge in [-0.3, -0.25) is 19.2 Å². The highest BCUT2D eigenvalue weighted by atomic mass is 33.1. The molecule has 10 nitrogen and oxygen atoms in total. The molecular formula is C32H20N2O8S2. The number of carbonyl (C=O) groups is 6. The molecule has 12 heteroatoms.